The lowest BCUT2D eigenvalue weighted by Gasteiger charge is -2.38. The van der Waals surface area contributed by atoms with E-state index < -0.39 is 12.1 Å². The molecule has 30 heavy (non-hydrogen) atoms. The van der Waals surface area contributed by atoms with E-state index in [2.05, 4.69) is 15.3 Å². The maximum atomic E-state index is 12.1. The van der Waals surface area contributed by atoms with Crippen LogP contribution in [0.1, 0.15) is 25.7 Å². The molecule has 168 valence electrons. The number of urea groups is 1. The summed E-state index contributed by atoms with van der Waals surface area (Å²) >= 11 is 0. The number of anilines is 1. The Kier molecular flexibility index (Phi) is 7.82. The molecule has 0 saturated carbocycles. The zero-order valence-electron chi connectivity index (χ0n) is 16.9. The van der Waals surface area contributed by atoms with Gasteiger partial charge in [-0.25, -0.2) is 19.6 Å². The number of carbonyl (C=O) groups is 2. The molecular weight excluding hydrogens is 407 g/mol. The van der Waals surface area contributed by atoms with E-state index >= 15 is 0 Å². The highest BCUT2D eigenvalue weighted by Gasteiger charge is 2.44. The summed E-state index contributed by atoms with van der Waals surface area (Å²) in [6.45, 7) is 2.18. The van der Waals surface area contributed by atoms with Gasteiger partial charge in [-0.3, -0.25) is 0 Å². The number of ether oxygens (including phenoxy) is 1. The summed E-state index contributed by atoms with van der Waals surface area (Å²) in [5.41, 5.74) is -0.173. The van der Waals surface area contributed by atoms with Crippen LogP contribution in [-0.4, -0.2) is 88.5 Å². The summed E-state index contributed by atoms with van der Waals surface area (Å²) in [5.74, 6) is -2.13. The predicted molar refractivity (Wildman–Crippen MR) is 101 cm³/mol. The molecule has 3 rings (SSSR count). The third-order valence-corrected chi connectivity index (χ3v) is 4.84. The minimum Gasteiger partial charge on any atom is -0.475 e. The zero-order valence-corrected chi connectivity index (χ0v) is 16.9. The van der Waals surface area contributed by atoms with E-state index in [4.69, 9.17) is 14.6 Å². The van der Waals surface area contributed by atoms with Crippen molar-refractivity contribution in [2.75, 3.05) is 39.0 Å². The number of aliphatic carboxylic acids is 1. The molecule has 2 amide bonds. The van der Waals surface area contributed by atoms with Crippen molar-refractivity contribution in [2.45, 2.75) is 43.6 Å². The number of likely N-dealkylation sites (tertiary alicyclic amines) is 1. The molecule has 0 radical (unpaired) electrons. The fourth-order valence-electron chi connectivity index (χ4n) is 3.45. The molecule has 12 heteroatoms. The van der Waals surface area contributed by atoms with E-state index in [-0.39, 0.29) is 17.7 Å². The Hall–Kier alpha value is -2.63. The molecule has 2 N–H and O–H groups in total. The fraction of sp³-hybridized carbons (Fsp3) is 0.667. The lowest BCUT2D eigenvalue weighted by Crippen LogP contribution is -2.47. The summed E-state index contributed by atoms with van der Waals surface area (Å²) in [7, 11) is 3.59. The Balaban J connectivity index is 0.000000396. The van der Waals surface area contributed by atoms with Gasteiger partial charge in [-0.1, -0.05) is 0 Å². The number of rotatable bonds is 3. The Labute approximate surface area is 172 Å². The van der Waals surface area contributed by atoms with Gasteiger partial charge in [0, 0.05) is 39.6 Å². The maximum Gasteiger partial charge on any atom is 0.490 e. The molecule has 2 atom stereocenters. The molecule has 0 bridgehead atoms. The Morgan fingerprint density at radius 3 is 2.53 bits per heavy atom. The quantitative estimate of drug-likeness (QED) is 0.753. The van der Waals surface area contributed by atoms with Gasteiger partial charge in [-0.15, -0.1) is 0 Å². The number of halogens is 3. The summed E-state index contributed by atoms with van der Waals surface area (Å²) in [5, 5.41) is 10.4. The topological polar surface area (TPSA) is 108 Å². The van der Waals surface area contributed by atoms with Gasteiger partial charge in [0.1, 0.15) is 0 Å². The Bertz CT molecular complexity index is 720. The minimum atomic E-state index is -5.08. The number of aromatic nitrogens is 2. The largest absolute Gasteiger partial charge is 0.490 e. The highest BCUT2D eigenvalue weighted by molar-refractivity contribution is 5.74. The van der Waals surface area contributed by atoms with Crippen molar-refractivity contribution >= 4 is 17.9 Å². The first-order valence-corrected chi connectivity index (χ1v) is 9.47. The number of alkyl halides is 3. The average Bonchev–Trinajstić information content (AvgIpc) is 3.09. The molecule has 1 aromatic rings. The summed E-state index contributed by atoms with van der Waals surface area (Å²) in [4.78, 5) is 32.9. The lowest BCUT2D eigenvalue weighted by molar-refractivity contribution is -0.192. The molecule has 2 aliphatic heterocycles. The predicted octanol–water partition coefficient (Wildman–Crippen LogP) is 2.22. The molecule has 3 heterocycles. The van der Waals surface area contributed by atoms with Gasteiger partial charge in [-0.2, -0.15) is 13.2 Å². The van der Waals surface area contributed by atoms with Crippen molar-refractivity contribution in [1.29, 1.82) is 0 Å². The molecule has 2 saturated heterocycles. The van der Waals surface area contributed by atoms with Crippen LogP contribution in [0, 0.1) is 0 Å². The Morgan fingerprint density at radius 1 is 1.33 bits per heavy atom. The second-order valence-electron chi connectivity index (χ2n) is 7.42. The lowest BCUT2D eigenvalue weighted by atomic mass is 9.90. The Morgan fingerprint density at radius 2 is 1.97 bits per heavy atom. The smallest absolute Gasteiger partial charge is 0.475 e. The van der Waals surface area contributed by atoms with Crippen LogP contribution in [0.4, 0.5) is 23.9 Å². The third-order valence-electron chi connectivity index (χ3n) is 4.84. The zero-order chi connectivity index (χ0) is 22.4. The van der Waals surface area contributed by atoms with E-state index in [1.807, 2.05) is 4.90 Å². The molecular formula is C18H26F3N5O4. The third kappa shape index (κ3) is 6.71. The van der Waals surface area contributed by atoms with Crippen molar-refractivity contribution in [3.63, 3.8) is 0 Å². The van der Waals surface area contributed by atoms with Gasteiger partial charge in [0.05, 0.1) is 18.2 Å². The molecule has 1 spiro atoms. The first-order chi connectivity index (χ1) is 14.0. The van der Waals surface area contributed by atoms with Crippen LogP contribution < -0.4 is 5.32 Å². The van der Waals surface area contributed by atoms with E-state index in [1.54, 1.807) is 37.5 Å². The molecule has 2 fully saturated rings. The molecule has 0 unspecified atom stereocenters. The summed E-state index contributed by atoms with van der Waals surface area (Å²) in [6, 6.07) is 1.87. The van der Waals surface area contributed by atoms with E-state index in [1.165, 1.54) is 0 Å². The monoisotopic (exact) mass is 433 g/mol. The number of amides is 2. The van der Waals surface area contributed by atoms with Gasteiger partial charge in [0.15, 0.2) is 0 Å². The maximum absolute atomic E-state index is 12.1. The first-order valence-electron chi connectivity index (χ1n) is 9.47. The standard InChI is InChI=1S/C16H25N5O2.C2HF3O2/c1-20(2)15(22)21-10-7-16(12-21)6-3-5-13(23-16)11-19-14-17-8-4-9-18-14;3-2(4,5)1(6)7/h4,8-9,13H,3,5-7,10-12H2,1-2H3,(H,17,18,19);(H,6,7)/t13-,16-;/m1./s1. The SMILES string of the molecule is CN(C)C(=O)N1CC[C@]2(CCC[C@H](CNc3ncccn3)O2)C1.O=C(O)C(F)(F)F. The van der Waals surface area contributed by atoms with Crippen LogP contribution in [0.2, 0.25) is 0 Å². The van der Waals surface area contributed by atoms with Crippen LogP contribution >= 0.6 is 0 Å². The number of hydrogen-bond acceptors (Lipinski definition) is 6. The van der Waals surface area contributed by atoms with Gasteiger partial charge in [0.25, 0.3) is 0 Å². The van der Waals surface area contributed by atoms with Crippen LogP contribution in [0.3, 0.4) is 0 Å². The average molecular weight is 433 g/mol. The van der Waals surface area contributed by atoms with Gasteiger partial charge < -0.3 is 25.0 Å². The second kappa shape index (κ2) is 9.92. The van der Waals surface area contributed by atoms with Crippen molar-refractivity contribution < 1.29 is 32.6 Å². The molecule has 9 nitrogen and oxygen atoms in total. The number of nitrogens with zero attached hydrogens (tertiary/aromatic N) is 4. The van der Waals surface area contributed by atoms with Crippen LogP contribution in [0.25, 0.3) is 0 Å². The van der Waals surface area contributed by atoms with Crippen LogP contribution in [-0.2, 0) is 9.53 Å². The summed E-state index contributed by atoms with van der Waals surface area (Å²) in [6.07, 6.45) is 2.62. The minimum absolute atomic E-state index is 0.0726. The fourth-order valence-corrected chi connectivity index (χ4v) is 3.45. The summed E-state index contributed by atoms with van der Waals surface area (Å²) < 4.78 is 38.1. The van der Waals surface area contributed by atoms with Gasteiger partial charge in [0.2, 0.25) is 5.95 Å². The second-order valence-corrected chi connectivity index (χ2v) is 7.42. The highest BCUT2D eigenvalue weighted by atomic mass is 19.4. The van der Waals surface area contributed by atoms with Crippen LogP contribution in [0.15, 0.2) is 18.5 Å². The number of carbonyl (C=O) groups excluding carboxylic acids is 1. The molecule has 1 aromatic heterocycles. The van der Waals surface area contributed by atoms with Gasteiger partial charge >= 0.3 is 18.2 Å². The number of hydrogen-bond donors (Lipinski definition) is 2. The first kappa shape index (κ1) is 23.6. The van der Waals surface area contributed by atoms with E-state index in [0.717, 1.165) is 32.2 Å². The van der Waals surface area contributed by atoms with Crippen molar-refractivity contribution in [2.24, 2.45) is 0 Å². The number of carboxylic acid groups (broad SMARTS) is 1. The normalized spacial score (nSPS) is 23.5. The molecule has 2 aliphatic rings. The number of nitrogens with one attached hydrogen (secondary N) is 1. The van der Waals surface area contributed by atoms with Crippen molar-refractivity contribution in [3.8, 4) is 0 Å². The highest BCUT2D eigenvalue weighted by Crippen LogP contribution is 2.36. The number of carboxylic acids is 1. The van der Waals surface area contributed by atoms with Crippen molar-refractivity contribution in [3.05, 3.63) is 18.5 Å². The van der Waals surface area contributed by atoms with E-state index in [9.17, 15) is 18.0 Å². The molecule has 0 aliphatic carbocycles. The van der Waals surface area contributed by atoms with Gasteiger partial charge in [-0.05, 0) is 31.7 Å². The van der Waals surface area contributed by atoms with Crippen molar-refractivity contribution in [1.82, 2.24) is 19.8 Å². The molecule has 0 aromatic carbocycles. The van der Waals surface area contributed by atoms with E-state index in [0.29, 0.717) is 19.0 Å². The van der Waals surface area contributed by atoms with Crippen LogP contribution in [0.5, 0.6) is 0 Å².